The number of aromatic nitrogens is 6. The molecule has 1 aromatic carbocycles. The Morgan fingerprint density at radius 3 is 2.59 bits per heavy atom. The molecule has 3 heterocycles. The van der Waals surface area contributed by atoms with Crippen LogP contribution in [0.25, 0.3) is 16.9 Å². The monoisotopic (exact) mass is 409 g/mol. The number of fused-ring (bicyclic) bond motifs is 1. The van der Waals surface area contributed by atoms with Gasteiger partial charge in [-0.1, -0.05) is 32.0 Å². The van der Waals surface area contributed by atoms with Gasteiger partial charge in [0, 0.05) is 18.8 Å². The van der Waals surface area contributed by atoms with Crippen LogP contribution in [0, 0.1) is 0 Å². The summed E-state index contributed by atoms with van der Waals surface area (Å²) in [6.07, 6.45) is 3.77. The number of rotatable bonds is 6. The van der Waals surface area contributed by atoms with Gasteiger partial charge in [-0.15, -0.1) is 0 Å². The van der Waals surface area contributed by atoms with E-state index < -0.39 is 0 Å². The molecular weight excluding hydrogens is 386 g/mol. The number of hydrogen-bond acceptors (Lipinski definition) is 5. The molecule has 0 aliphatic rings. The minimum Gasteiger partial charge on any atom is -0.364 e. The van der Waals surface area contributed by atoms with Crippen LogP contribution in [0.2, 0.25) is 5.28 Å². The Hall–Kier alpha value is -2.93. The Bertz CT molecular complexity index is 1140. The minimum atomic E-state index is 0.198. The van der Waals surface area contributed by atoms with Gasteiger partial charge in [-0.2, -0.15) is 15.1 Å². The summed E-state index contributed by atoms with van der Waals surface area (Å²) in [5.41, 5.74) is 4.62. The van der Waals surface area contributed by atoms with E-state index in [4.69, 9.17) is 16.7 Å². The molecule has 1 N–H and O–H groups in total. The molecule has 8 heteroatoms. The highest BCUT2D eigenvalue weighted by Crippen LogP contribution is 2.25. The van der Waals surface area contributed by atoms with Crippen LogP contribution in [0.5, 0.6) is 0 Å². The molecule has 0 aliphatic carbocycles. The first-order chi connectivity index (χ1) is 13.9. The second-order valence-electron chi connectivity index (χ2n) is 7.58. The van der Waals surface area contributed by atoms with Crippen molar-refractivity contribution < 1.29 is 0 Å². The molecule has 7 nitrogen and oxygen atoms in total. The second kappa shape index (κ2) is 7.83. The van der Waals surface area contributed by atoms with Gasteiger partial charge in [-0.05, 0) is 49.1 Å². The smallest absolute Gasteiger partial charge is 0.226 e. The molecule has 4 rings (SSSR count). The summed E-state index contributed by atoms with van der Waals surface area (Å²) in [7, 11) is 0. The number of imidazole rings is 1. The summed E-state index contributed by atoms with van der Waals surface area (Å²) in [5, 5.41) is 8.29. The minimum absolute atomic E-state index is 0.198. The van der Waals surface area contributed by atoms with Crippen LogP contribution in [0.3, 0.4) is 0 Å². The number of benzene rings is 1. The maximum atomic E-state index is 6.18. The highest BCUT2D eigenvalue weighted by atomic mass is 35.5. The molecule has 0 spiro atoms. The lowest BCUT2D eigenvalue weighted by Crippen LogP contribution is -2.08. The van der Waals surface area contributed by atoms with Crippen molar-refractivity contribution in [1.29, 1.82) is 0 Å². The van der Waals surface area contributed by atoms with Crippen LogP contribution in [-0.4, -0.2) is 29.3 Å². The zero-order chi connectivity index (χ0) is 20.5. The molecule has 0 saturated heterocycles. The molecule has 0 aliphatic heterocycles. The number of halogens is 1. The van der Waals surface area contributed by atoms with Crippen LogP contribution < -0.4 is 5.32 Å². The fourth-order valence-corrected chi connectivity index (χ4v) is 3.40. The molecule has 29 heavy (non-hydrogen) atoms. The van der Waals surface area contributed by atoms with Gasteiger partial charge in [0.1, 0.15) is 0 Å². The average molecular weight is 410 g/mol. The highest BCUT2D eigenvalue weighted by Gasteiger charge is 2.15. The maximum absolute atomic E-state index is 6.18. The predicted octanol–water partition coefficient (Wildman–Crippen LogP) is 4.98. The Balaban J connectivity index is 1.65. The molecular formula is C21H24ClN7. The number of nitrogens with one attached hydrogen (secondary N) is 1. The SMILES string of the molecule is CC(C)c1ccn(-c2ccccc2CNc2nc(Cl)nc3c2ncn3C(C)C)n1. The molecule has 0 fully saturated rings. The molecule has 0 atom stereocenters. The first-order valence-electron chi connectivity index (χ1n) is 9.72. The summed E-state index contributed by atoms with van der Waals surface area (Å²) in [6.45, 7) is 9.00. The fraction of sp³-hybridized carbons (Fsp3) is 0.333. The van der Waals surface area contributed by atoms with Crippen LogP contribution in [0.4, 0.5) is 5.82 Å². The summed E-state index contributed by atoms with van der Waals surface area (Å²) in [6, 6.07) is 10.5. The van der Waals surface area contributed by atoms with Crippen LogP contribution >= 0.6 is 11.6 Å². The van der Waals surface area contributed by atoms with E-state index in [0.717, 1.165) is 22.6 Å². The zero-order valence-electron chi connectivity index (χ0n) is 17.0. The number of anilines is 1. The topological polar surface area (TPSA) is 73.5 Å². The Morgan fingerprint density at radius 2 is 1.86 bits per heavy atom. The summed E-state index contributed by atoms with van der Waals surface area (Å²) < 4.78 is 3.90. The third kappa shape index (κ3) is 3.82. The quantitative estimate of drug-likeness (QED) is 0.454. The van der Waals surface area contributed by atoms with E-state index in [1.165, 1.54) is 0 Å². The van der Waals surface area contributed by atoms with E-state index >= 15 is 0 Å². The number of nitrogens with zero attached hydrogens (tertiary/aromatic N) is 6. The standard InChI is InChI=1S/C21H24ClN7/c1-13(2)16-9-10-29(27-16)17-8-6-5-7-15(17)11-23-19-18-20(26-21(22)25-19)28(12-24-18)14(3)4/h5-10,12-14H,11H2,1-4H3,(H,23,25,26). The van der Waals surface area contributed by atoms with Crippen molar-refractivity contribution in [2.45, 2.75) is 46.2 Å². The summed E-state index contributed by atoms with van der Waals surface area (Å²) in [4.78, 5) is 13.2. The fourth-order valence-electron chi connectivity index (χ4n) is 3.23. The van der Waals surface area contributed by atoms with Gasteiger partial charge < -0.3 is 9.88 Å². The first-order valence-corrected chi connectivity index (χ1v) is 10.1. The van der Waals surface area contributed by atoms with Crippen LogP contribution in [-0.2, 0) is 6.54 Å². The lowest BCUT2D eigenvalue weighted by Gasteiger charge is -2.12. The molecule has 4 aromatic rings. The van der Waals surface area contributed by atoms with E-state index in [0.29, 0.717) is 23.8 Å². The molecule has 0 bridgehead atoms. The number of hydrogen-bond donors (Lipinski definition) is 1. The van der Waals surface area contributed by atoms with Gasteiger partial charge in [0.15, 0.2) is 17.0 Å². The van der Waals surface area contributed by atoms with Gasteiger partial charge >= 0.3 is 0 Å². The molecule has 0 radical (unpaired) electrons. The first kappa shape index (κ1) is 19.4. The van der Waals surface area contributed by atoms with Gasteiger partial charge in [-0.3, -0.25) is 0 Å². The largest absolute Gasteiger partial charge is 0.364 e. The van der Waals surface area contributed by atoms with E-state index in [1.54, 1.807) is 6.33 Å². The van der Waals surface area contributed by atoms with Crippen molar-refractivity contribution >= 4 is 28.6 Å². The molecule has 0 unspecified atom stereocenters. The van der Waals surface area contributed by atoms with Gasteiger partial charge in [0.05, 0.1) is 17.7 Å². The molecule has 3 aromatic heterocycles. The van der Waals surface area contributed by atoms with E-state index in [2.05, 4.69) is 66.2 Å². The van der Waals surface area contributed by atoms with Crippen molar-refractivity contribution in [3.05, 3.63) is 59.4 Å². The van der Waals surface area contributed by atoms with E-state index in [9.17, 15) is 0 Å². The van der Waals surface area contributed by atoms with Gasteiger partial charge in [0.25, 0.3) is 0 Å². The van der Waals surface area contributed by atoms with Crippen molar-refractivity contribution in [2.24, 2.45) is 0 Å². The lowest BCUT2D eigenvalue weighted by molar-refractivity contribution is 0.612. The second-order valence-corrected chi connectivity index (χ2v) is 7.92. The summed E-state index contributed by atoms with van der Waals surface area (Å²) in [5.74, 6) is 1.01. The van der Waals surface area contributed by atoms with E-state index in [1.807, 2.05) is 27.6 Å². The molecule has 0 saturated carbocycles. The Kier molecular flexibility index (Phi) is 5.24. The third-order valence-electron chi connectivity index (χ3n) is 4.84. The van der Waals surface area contributed by atoms with Crippen molar-refractivity contribution in [2.75, 3.05) is 5.32 Å². The van der Waals surface area contributed by atoms with Gasteiger partial charge in [-0.25, -0.2) is 9.67 Å². The third-order valence-corrected chi connectivity index (χ3v) is 5.01. The zero-order valence-corrected chi connectivity index (χ0v) is 17.7. The van der Waals surface area contributed by atoms with Crippen molar-refractivity contribution in [1.82, 2.24) is 29.3 Å². The molecule has 0 amide bonds. The average Bonchev–Trinajstić information content (AvgIpc) is 3.33. The Labute approximate surface area is 174 Å². The van der Waals surface area contributed by atoms with Crippen molar-refractivity contribution in [3.63, 3.8) is 0 Å². The van der Waals surface area contributed by atoms with E-state index in [-0.39, 0.29) is 11.3 Å². The summed E-state index contributed by atoms with van der Waals surface area (Å²) >= 11 is 6.18. The maximum Gasteiger partial charge on any atom is 0.226 e. The Morgan fingerprint density at radius 1 is 1.07 bits per heavy atom. The van der Waals surface area contributed by atoms with Crippen molar-refractivity contribution in [3.8, 4) is 5.69 Å². The van der Waals surface area contributed by atoms with Crippen LogP contribution in [0.1, 0.15) is 50.9 Å². The predicted molar refractivity (Wildman–Crippen MR) is 116 cm³/mol. The highest BCUT2D eigenvalue weighted by molar-refractivity contribution is 6.28. The number of para-hydroxylation sites is 1. The van der Waals surface area contributed by atoms with Gasteiger partial charge in [0.2, 0.25) is 5.28 Å². The normalized spacial score (nSPS) is 11.7. The lowest BCUT2D eigenvalue weighted by atomic mass is 10.1. The van der Waals surface area contributed by atoms with Crippen LogP contribution in [0.15, 0.2) is 42.9 Å². The molecule has 150 valence electrons.